The number of benzene rings is 1. The van der Waals surface area contributed by atoms with Gasteiger partial charge in [-0.25, -0.2) is 19.0 Å². The summed E-state index contributed by atoms with van der Waals surface area (Å²) >= 11 is 5.85. The van der Waals surface area contributed by atoms with Crippen LogP contribution in [0.15, 0.2) is 30.6 Å². The van der Waals surface area contributed by atoms with Gasteiger partial charge in [0.25, 0.3) is 5.60 Å². The number of hydrogen-bond donors (Lipinski definition) is 2. The molecule has 0 amide bonds. The summed E-state index contributed by atoms with van der Waals surface area (Å²) in [5.74, 6) is -2.78. The number of ether oxygens (including phenoxy) is 4. The summed E-state index contributed by atoms with van der Waals surface area (Å²) in [6.45, 7) is 0. The lowest BCUT2D eigenvalue weighted by Gasteiger charge is -2.31. The van der Waals surface area contributed by atoms with Crippen LogP contribution < -0.4 is 5.73 Å². The van der Waals surface area contributed by atoms with Crippen LogP contribution in [-0.2, 0) is 41.1 Å². The fourth-order valence-electron chi connectivity index (χ4n) is 4.79. The molecule has 1 aliphatic heterocycles. The molecule has 0 spiro atoms. The van der Waals surface area contributed by atoms with Crippen LogP contribution in [0.5, 0.6) is 0 Å². The summed E-state index contributed by atoms with van der Waals surface area (Å²) in [4.78, 5) is 37.6. The number of imidazole rings is 1. The van der Waals surface area contributed by atoms with E-state index in [-0.39, 0.29) is 27.8 Å². The first-order valence-electron chi connectivity index (χ1n) is 11.5. The number of methoxy groups -OCH3 is 2. The number of fused-ring (bicyclic) bond motifs is 2. The van der Waals surface area contributed by atoms with E-state index >= 15 is 4.39 Å². The number of aliphatic hydroxyl groups is 1. The Morgan fingerprint density at radius 1 is 1.23 bits per heavy atom. The van der Waals surface area contributed by atoms with Crippen molar-refractivity contribution in [1.82, 2.24) is 19.5 Å². The number of nitrogens with two attached hydrogens (primary N) is 1. The highest BCUT2D eigenvalue weighted by Gasteiger charge is 2.80. The zero-order valence-electron chi connectivity index (χ0n) is 20.6. The van der Waals surface area contributed by atoms with E-state index in [4.69, 9.17) is 36.3 Å². The predicted molar refractivity (Wildman–Crippen MR) is 125 cm³/mol. The molecule has 2 aromatic heterocycles. The average Bonchev–Trinajstić information content (AvgIpc) is 3.15. The molecular weight excluding hydrogens is 570 g/mol. The molecule has 1 unspecified atom stereocenters. The molecule has 0 bridgehead atoms. The lowest BCUT2D eigenvalue weighted by Crippen LogP contribution is -2.54. The fourth-order valence-corrected chi connectivity index (χ4v) is 4.96. The van der Waals surface area contributed by atoms with Crippen molar-refractivity contribution < 1.29 is 51.2 Å². The molecule has 40 heavy (non-hydrogen) atoms. The summed E-state index contributed by atoms with van der Waals surface area (Å²) in [6.07, 6.45) is -11.1. The largest absolute Gasteiger partial charge is 0.466 e. The number of esters is 2. The Morgan fingerprint density at radius 3 is 2.48 bits per heavy atom. The molecule has 214 valence electrons. The van der Waals surface area contributed by atoms with Gasteiger partial charge in [-0.2, -0.15) is 23.1 Å². The SMILES string of the molecule is COC(=O)C(Cc1cccc(C(F)(F)F)c1)(OC1[C@H]2O[C@@H](n3cnc4c(N)nc(Cl)nc43)[C@@H](F)[C@@]12O)C(=O)OC. The number of carbonyl (C=O) groups is 2. The van der Waals surface area contributed by atoms with E-state index in [2.05, 4.69) is 15.0 Å². The number of aromatic nitrogens is 4. The molecule has 1 aliphatic carbocycles. The molecule has 5 atom stereocenters. The summed E-state index contributed by atoms with van der Waals surface area (Å²) in [5, 5.41) is 10.9. The molecule has 3 N–H and O–H groups in total. The highest BCUT2D eigenvalue weighted by molar-refractivity contribution is 6.28. The first-order valence-corrected chi connectivity index (χ1v) is 11.8. The van der Waals surface area contributed by atoms with Gasteiger partial charge in [-0.05, 0) is 23.2 Å². The molecule has 12 nitrogen and oxygen atoms in total. The maximum absolute atomic E-state index is 15.7. The minimum Gasteiger partial charge on any atom is -0.466 e. The van der Waals surface area contributed by atoms with Crippen molar-refractivity contribution in [3.8, 4) is 0 Å². The fraction of sp³-hybridized carbons (Fsp3) is 0.435. The van der Waals surface area contributed by atoms with Crippen LogP contribution in [0.3, 0.4) is 0 Å². The maximum Gasteiger partial charge on any atom is 0.416 e. The molecule has 0 radical (unpaired) electrons. The summed E-state index contributed by atoms with van der Waals surface area (Å²) < 4.78 is 77.5. The lowest BCUT2D eigenvalue weighted by molar-refractivity contribution is -0.198. The Hall–Kier alpha value is -3.60. The molecule has 2 aliphatic rings. The van der Waals surface area contributed by atoms with E-state index < -0.39 is 65.9 Å². The Labute approximate surface area is 226 Å². The number of anilines is 1. The highest BCUT2D eigenvalue weighted by atomic mass is 35.5. The van der Waals surface area contributed by atoms with Gasteiger partial charge in [0.1, 0.15) is 17.7 Å². The maximum atomic E-state index is 15.7. The molecule has 5 rings (SSSR count). The van der Waals surface area contributed by atoms with Gasteiger partial charge in [0.05, 0.1) is 26.1 Å². The van der Waals surface area contributed by atoms with Gasteiger partial charge in [-0.1, -0.05) is 18.2 Å². The van der Waals surface area contributed by atoms with Crippen LogP contribution in [0, 0.1) is 0 Å². The van der Waals surface area contributed by atoms with Crippen molar-refractivity contribution >= 4 is 40.5 Å². The van der Waals surface area contributed by atoms with Crippen molar-refractivity contribution in [2.75, 3.05) is 20.0 Å². The van der Waals surface area contributed by atoms with Gasteiger partial charge >= 0.3 is 18.1 Å². The van der Waals surface area contributed by atoms with Crippen molar-refractivity contribution in [3.05, 3.63) is 47.0 Å². The van der Waals surface area contributed by atoms with Crippen LogP contribution in [0.2, 0.25) is 5.28 Å². The molecule has 3 heterocycles. The lowest BCUT2D eigenvalue weighted by atomic mass is 9.92. The molecule has 1 saturated heterocycles. The quantitative estimate of drug-likeness (QED) is 0.179. The second-order valence-corrected chi connectivity index (χ2v) is 9.50. The number of carbonyl (C=O) groups excluding carboxylic acids is 2. The van der Waals surface area contributed by atoms with E-state index in [1.165, 1.54) is 6.07 Å². The van der Waals surface area contributed by atoms with E-state index in [0.717, 1.165) is 37.2 Å². The molecule has 1 aromatic carbocycles. The van der Waals surface area contributed by atoms with Crippen molar-refractivity contribution in [3.63, 3.8) is 0 Å². The van der Waals surface area contributed by atoms with Crippen LogP contribution in [0.4, 0.5) is 23.4 Å². The van der Waals surface area contributed by atoms with Crippen molar-refractivity contribution in [2.24, 2.45) is 0 Å². The molecule has 2 fully saturated rings. The molecule has 1 saturated carbocycles. The Kier molecular flexibility index (Phi) is 6.64. The van der Waals surface area contributed by atoms with Crippen molar-refractivity contribution in [2.45, 2.75) is 48.4 Å². The van der Waals surface area contributed by atoms with Crippen LogP contribution in [0.25, 0.3) is 11.2 Å². The number of nitrogens with zero attached hydrogens (tertiary/aromatic N) is 4. The normalized spacial score (nSPS) is 26.0. The second kappa shape index (κ2) is 9.50. The smallest absolute Gasteiger partial charge is 0.416 e. The molecule has 3 aromatic rings. The summed E-state index contributed by atoms with van der Waals surface area (Å²) in [6, 6.07) is 3.79. The van der Waals surface area contributed by atoms with E-state index in [9.17, 15) is 27.9 Å². The van der Waals surface area contributed by atoms with Crippen LogP contribution >= 0.6 is 11.6 Å². The third-order valence-corrected chi connectivity index (χ3v) is 6.99. The first-order chi connectivity index (χ1) is 18.8. The van der Waals surface area contributed by atoms with Gasteiger partial charge in [0.2, 0.25) is 5.28 Å². The minimum atomic E-state index is -4.72. The average molecular weight is 590 g/mol. The van der Waals surface area contributed by atoms with Crippen LogP contribution in [-0.4, -0.2) is 80.4 Å². The number of halogens is 5. The zero-order chi connectivity index (χ0) is 29.2. The summed E-state index contributed by atoms with van der Waals surface area (Å²) in [7, 11) is 1.82. The van der Waals surface area contributed by atoms with E-state index in [1.54, 1.807) is 0 Å². The number of alkyl halides is 4. The third kappa shape index (κ3) is 4.22. The zero-order valence-corrected chi connectivity index (χ0v) is 21.3. The van der Waals surface area contributed by atoms with Gasteiger partial charge in [-0.15, -0.1) is 0 Å². The Bertz CT molecular complexity index is 1490. The van der Waals surface area contributed by atoms with E-state index in [1.807, 2.05) is 0 Å². The van der Waals surface area contributed by atoms with Gasteiger partial charge in [0, 0.05) is 6.42 Å². The Morgan fingerprint density at radius 2 is 1.90 bits per heavy atom. The topological polar surface area (TPSA) is 161 Å². The molecular formula is C23H20ClF4N5O7. The van der Waals surface area contributed by atoms with Gasteiger partial charge in [-0.3, -0.25) is 4.57 Å². The third-order valence-electron chi connectivity index (χ3n) is 6.82. The second-order valence-electron chi connectivity index (χ2n) is 9.16. The Balaban J connectivity index is 1.46. The highest BCUT2D eigenvalue weighted by Crippen LogP contribution is 2.58. The monoisotopic (exact) mass is 589 g/mol. The minimum absolute atomic E-state index is 0.00975. The number of rotatable bonds is 7. The standard InChI is InChI=1S/C23H20ClF4N5O7/c1-37-18(34)21(19(35)38-2,7-9-4-3-5-10(6-9)23(26,27)28)40-14-13-22(14,36)12(25)17(39-13)33-8-30-11-15(29)31-20(24)32-16(11)33/h3-6,8,12-14,17,36H,7H2,1-2H3,(H2,29,31,32)/t12-,13-,14?,17-,22+/m1/s1. The first kappa shape index (κ1) is 27.9. The molecule has 17 heteroatoms. The van der Waals surface area contributed by atoms with Gasteiger partial charge in [0.15, 0.2) is 29.5 Å². The predicted octanol–water partition coefficient (Wildman–Crippen LogP) is 1.77. The van der Waals surface area contributed by atoms with E-state index in [0.29, 0.717) is 6.07 Å². The van der Waals surface area contributed by atoms with Crippen molar-refractivity contribution in [1.29, 1.82) is 0 Å². The number of hydrogen-bond acceptors (Lipinski definition) is 11. The van der Waals surface area contributed by atoms with Crippen LogP contribution in [0.1, 0.15) is 17.4 Å². The summed E-state index contributed by atoms with van der Waals surface area (Å²) in [5.41, 5.74) is -0.431. The van der Waals surface area contributed by atoms with Gasteiger partial charge < -0.3 is 29.8 Å². The number of nitrogen functional groups attached to an aromatic ring is 1.